The highest BCUT2D eigenvalue weighted by Crippen LogP contribution is 2.49. The average Bonchev–Trinajstić information content (AvgIpc) is 0.731. The third kappa shape index (κ3) is 23.3. The van der Waals surface area contributed by atoms with E-state index in [1.165, 1.54) is 0 Å². The summed E-state index contributed by atoms with van der Waals surface area (Å²) in [7, 11) is -8.13. The highest BCUT2D eigenvalue weighted by molar-refractivity contribution is 7.00. The lowest BCUT2D eigenvalue weighted by molar-refractivity contribution is -0.370. The zero-order valence-electron chi connectivity index (χ0n) is 86.1. The first kappa shape index (κ1) is 107. The number of hydrogen-bond donors (Lipinski definition) is 0. The number of benzene rings is 9. The molecule has 6 aliphatic rings. The SMILES string of the molecule is CO[C@H]1OC(CO[Si](c2ccccc2)(c2ccccc2)C(C)(C)C)[C@@H](O[C@@H]2OC(C)[C@@H](O[C@@H]3OC(CO[Si](c4ccccc4)(c4ccccc4)C(C)(C)C)[C@@H](O[C@@H]4OC(C)[C@@H](O[C@@H]5OC(CO[Si](c6ccccc6)(c6ccccc6)C(C)(C)C)[C@@H](O[C@@H]6OC(C)[C@@H](C)[C@@H](OCc7ccccc7)C6C)[C@H](C)C5N=[N+]=[N-])[C@@H](OCc5ccccc5)C4C)[C@H](C)C3N=[N+]=[N-])[C@@H](OCc3ccccc3)C2C)[C@H](C)C1C. The first-order valence-electron chi connectivity index (χ1n) is 50.8. The van der Waals surface area contributed by atoms with Gasteiger partial charge in [-0.1, -0.05) is 401 Å². The van der Waals surface area contributed by atoms with Gasteiger partial charge in [-0.05, 0) is 113 Å². The Morgan fingerprint density at radius 3 is 0.773 bits per heavy atom. The van der Waals surface area contributed by atoms with E-state index in [0.717, 1.165) is 47.8 Å². The predicted molar refractivity (Wildman–Crippen MR) is 555 cm³/mol. The topological polar surface area (TPSA) is 264 Å². The lowest BCUT2D eigenvalue weighted by Crippen LogP contribution is -2.68. The normalized spacial score (nSPS) is 31.9. The summed E-state index contributed by atoms with van der Waals surface area (Å²) in [6.07, 6.45) is -16.0. The maximum absolute atomic E-state index is 11.1. The molecule has 0 spiro atoms. The van der Waals surface area contributed by atoms with Crippen molar-refractivity contribution in [1.29, 1.82) is 0 Å². The number of rotatable bonds is 37. The molecule has 0 saturated carbocycles. The van der Waals surface area contributed by atoms with Gasteiger partial charge in [0.2, 0.25) is 0 Å². The van der Waals surface area contributed by atoms with E-state index in [0.29, 0.717) is 6.61 Å². The molecule has 27 heteroatoms. The third-order valence-corrected chi connectivity index (χ3v) is 45.8. The maximum Gasteiger partial charge on any atom is 0.261 e. The molecule has 0 radical (unpaired) electrons. The van der Waals surface area contributed by atoms with Crippen LogP contribution in [0.25, 0.3) is 20.9 Å². The van der Waals surface area contributed by atoms with Crippen molar-refractivity contribution in [3.63, 3.8) is 0 Å². The van der Waals surface area contributed by atoms with Gasteiger partial charge < -0.3 is 84.3 Å². The second-order valence-electron chi connectivity index (χ2n) is 43.0. The molecular weight excluding hydrogens is 1830 g/mol. The van der Waals surface area contributed by atoms with Crippen molar-refractivity contribution in [3.8, 4) is 0 Å². The quantitative estimate of drug-likeness (QED) is 0.0152. The van der Waals surface area contributed by atoms with Crippen molar-refractivity contribution in [2.45, 2.75) is 309 Å². The molecular formula is C114H150N6O18Si3. The van der Waals surface area contributed by atoms with Gasteiger partial charge in [0, 0.05) is 46.5 Å². The molecule has 30 atom stereocenters. The highest BCUT2D eigenvalue weighted by Gasteiger charge is 2.61. The Balaban J connectivity index is 0.768. The highest BCUT2D eigenvalue weighted by atomic mass is 28.4. The first-order chi connectivity index (χ1) is 67.7. The summed E-state index contributed by atoms with van der Waals surface area (Å²) in [6, 6.07) is 91.5. The van der Waals surface area contributed by atoms with Crippen LogP contribution < -0.4 is 31.1 Å². The molecule has 15 rings (SSSR count). The molecule has 6 heterocycles. The van der Waals surface area contributed by atoms with Crippen LogP contribution in [0.5, 0.6) is 0 Å². The number of azide groups is 2. The zero-order chi connectivity index (χ0) is 100. The Kier molecular flexibility index (Phi) is 35.9. The van der Waals surface area contributed by atoms with Crippen molar-refractivity contribution in [3.05, 3.63) is 311 Å². The van der Waals surface area contributed by atoms with Crippen LogP contribution in [0.2, 0.25) is 15.1 Å². The molecule has 0 aromatic heterocycles. The molecule has 0 N–H and O–H groups in total. The van der Waals surface area contributed by atoms with Gasteiger partial charge in [0.25, 0.3) is 25.0 Å². The molecule has 756 valence electrons. The fourth-order valence-corrected chi connectivity index (χ4v) is 36.4. The van der Waals surface area contributed by atoms with E-state index >= 15 is 0 Å². The molecule has 12 unspecified atom stereocenters. The van der Waals surface area contributed by atoms with Crippen LogP contribution in [-0.2, 0) is 104 Å². The maximum atomic E-state index is 11.1. The number of hydrogen-bond acceptors (Lipinski definition) is 20. The predicted octanol–water partition coefficient (Wildman–Crippen LogP) is 19.9. The Hall–Kier alpha value is -8.47. The van der Waals surface area contributed by atoms with Crippen LogP contribution in [-0.4, -0.2) is 187 Å². The van der Waals surface area contributed by atoms with Gasteiger partial charge >= 0.3 is 0 Å². The summed E-state index contributed by atoms with van der Waals surface area (Å²) in [5.74, 6) is -2.94. The molecule has 24 nitrogen and oxygen atoms in total. The molecule has 0 aliphatic carbocycles. The van der Waals surface area contributed by atoms with Crippen molar-refractivity contribution in [2.75, 3.05) is 26.9 Å². The van der Waals surface area contributed by atoms with E-state index < -0.39 is 182 Å². The van der Waals surface area contributed by atoms with E-state index in [4.69, 9.17) is 89.4 Å². The van der Waals surface area contributed by atoms with Gasteiger partial charge in [-0.25, -0.2) is 0 Å². The smallest absolute Gasteiger partial charge is 0.261 e. The minimum atomic E-state index is -3.41. The molecule has 6 saturated heterocycles. The van der Waals surface area contributed by atoms with Crippen molar-refractivity contribution in [1.82, 2.24) is 0 Å². The number of methoxy groups -OCH3 is 1. The van der Waals surface area contributed by atoms with Gasteiger partial charge in [0.15, 0.2) is 37.7 Å². The van der Waals surface area contributed by atoms with Crippen LogP contribution in [0.3, 0.4) is 0 Å². The molecule has 6 aliphatic heterocycles. The Bertz CT molecular complexity index is 5320. The van der Waals surface area contributed by atoms with Gasteiger partial charge in [-0.15, -0.1) is 0 Å². The number of ether oxygens (including phenoxy) is 15. The molecule has 9 aromatic carbocycles. The van der Waals surface area contributed by atoms with Gasteiger partial charge in [0.05, 0.1) is 107 Å². The summed E-state index contributed by atoms with van der Waals surface area (Å²) in [4.78, 5) is 7.20. The van der Waals surface area contributed by atoms with E-state index in [-0.39, 0.29) is 74.0 Å². The van der Waals surface area contributed by atoms with E-state index in [1.807, 2.05) is 150 Å². The minimum absolute atomic E-state index is 0.00834. The second kappa shape index (κ2) is 47.4. The number of nitrogens with zero attached hydrogens (tertiary/aromatic N) is 6. The Morgan fingerprint density at radius 1 is 0.262 bits per heavy atom. The van der Waals surface area contributed by atoms with Gasteiger partial charge in [0.1, 0.15) is 30.5 Å². The summed E-state index contributed by atoms with van der Waals surface area (Å²) < 4.78 is 134. The van der Waals surface area contributed by atoms with Gasteiger partial charge in [-0.3, -0.25) is 0 Å². The summed E-state index contributed by atoms with van der Waals surface area (Å²) >= 11 is 0. The zero-order valence-corrected chi connectivity index (χ0v) is 89.1. The van der Waals surface area contributed by atoms with Crippen molar-refractivity contribution >= 4 is 56.1 Å². The van der Waals surface area contributed by atoms with Crippen LogP contribution in [0.15, 0.2) is 283 Å². The standard InChI is InChI=1S/C114H150N6O18Si3/c1-73-74(2)106(121-21)131-93(70-125-139(112(12,13)14,87-55-37-25-38-56-87)88-57-39-26-40-58-88)99(73)134-108-79(7)102(123-68-85-51-33-23-34-52-85)104(82(10)129-108)137-111-97(118-120-116)77(5)101(95(133-111)72-127-141(114(18,19)20,91-63-45-29-46-64-91)92-65-47-30-48-66-92)136-109-80(8)103(124-69-86-53-35-24-36-54-86)105(83(11)130-109)138-110-96(117-119-115)76(4)100(135-107-78(6)98(75(3)81(9)128-107)122-67-84-49-31-22-32-50-84)94(132-110)71-126-140(113(15,16)17,89-59-41-27-42-60-89)90-61-43-28-44-62-90/h22-66,73-83,93-111H,67-72H2,1-21H3/t73-,74?,75-,76-,77-,78?,79?,80?,81?,82?,83?,93?,94?,95?,96?,97?,98-,99+,100+,101+,102+,103+,104-,105-,106+,107+,108+,109+,110+,111+/m1/s1. The fraction of sp³-hybridized carbons (Fsp3) is 0.526. The lowest BCUT2D eigenvalue weighted by Gasteiger charge is -2.52. The largest absolute Gasteiger partial charge is 0.405 e. The minimum Gasteiger partial charge on any atom is -0.405 e. The Morgan fingerprint density at radius 2 is 0.504 bits per heavy atom. The molecule has 6 fully saturated rings. The van der Waals surface area contributed by atoms with Crippen LogP contribution >= 0.6 is 0 Å². The van der Waals surface area contributed by atoms with E-state index in [9.17, 15) is 11.1 Å². The van der Waals surface area contributed by atoms with Crippen molar-refractivity contribution in [2.24, 2.45) is 57.6 Å². The monoisotopic (exact) mass is 1980 g/mol. The summed E-state index contributed by atoms with van der Waals surface area (Å²) in [6.45, 7) is 44.0. The summed E-state index contributed by atoms with van der Waals surface area (Å²) in [5.41, 5.74) is 25.0. The van der Waals surface area contributed by atoms with E-state index in [2.05, 4.69) is 277 Å². The summed E-state index contributed by atoms with van der Waals surface area (Å²) in [5, 5.41) is 14.6. The molecule has 9 aromatic rings. The molecule has 141 heavy (non-hydrogen) atoms. The van der Waals surface area contributed by atoms with Crippen LogP contribution in [0.1, 0.15) is 155 Å². The second-order valence-corrected chi connectivity index (χ2v) is 55.9. The third-order valence-electron chi connectivity index (χ3n) is 30.8. The fourth-order valence-electron chi connectivity index (χ4n) is 22.7. The first-order valence-corrected chi connectivity index (χ1v) is 56.5. The van der Waals surface area contributed by atoms with Crippen molar-refractivity contribution < 1.29 is 84.3 Å². The van der Waals surface area contributed by atoms with Crippen LogP contribution in [0, 0.1) is 47.3 Å². The van der Waals surface area contributed by atoms with E-state index in [1.54, 1.807) is 7.11 Å². The molecule has 0 bridgehead atoms. The lowest BCUT2D eigenvalue weighted by atomic mass is 9.84. The Labute approximate surface area is 839 Å². The average molecular weight is 1980 g/mol. The molecule has 0 amide bonds. The van der Waals surface area contributed by atoms with Gasteiger partial charge in [-0.2, -0.15) is 0 Å². The van der Waals surface area contributed by atoms with Crippen LogP contribution in [0.4, 0.5) is 0 Å².